The van der Waals surface area contributed by atoms with E-state index in [2.05, 4.69) is 16.9 Å². The number of hydrogen-bond acceptors (Lipinski definition) is 5. The topological polar surface area (TPSA) is 63.4 Å². The molecule has 0 aliphatic carbocycles. The molecule has 0 radical (unpaired) electrons. The maximum atomic E-state index is 11.9. The zero-order chi connectivity index (χ0) is 14.3. The molecule has 20 heavy (non-hydrogen) atoms. The summed E-state index contributed by atoms with van der Waals surface area (Å²) in [6.07, 6.45) is 1.03. The van der Waals surface area contributed by atoms with Crippen LogP contribution in [0.2, 0.25) is 0 Å². The molecule has 0 saturated carbocycles. The molecule has 1 aromatic heterocycles. The van der Waals surface area contributed by atoms with Crippen molar-refractivity contribution in [3.63, 3.8) is 0 Å². The third-order valence-electron chi connectivity index (χ3n) is 3.86. The van der Waals surface area contributed by atoms with Crippen molar-refractivity contribution in [3.8, 4) is 0 Å². The Morgan fingerprint density at radius 3 is 2.90 bits per heavy atom. The highest BCUT2D eigenvalue weighted by Crippen LogP contribution is 2.29. The zero-order valence-corrected chi connectivity index (χ0v) is 12.5. The van der Waals surface area contributed by atoms with Crippen LogP contribution in [0.4, 0.5) is 0 Å². The summed E-state index contributed by atoms with van der Waals surface area (Å²) in [6.45, 7) is 3.62. The van der Waals surface area contributed by atoms with Crippen LogP contribution in [0.3, 0.4) is 0 Å². The van der Waals surface area contributed by atoms with Crippen LogP contribution in [0.1, 0.15) is 25.2 Å². The molecule has 0 unspecified atom stereocenters. The van der Waals surface area contributed by atoms with E-state index >= 15 is 0 Å². The summed E-state index contributed by atoms with van der Waals surface area (Å²) in [5, 5.41) is 0. The Morgan fingerprint density at radius 2 is 2.25 bits per heavy atom. The van der Waals surface area contributed by atoms with Crippen molar-refractivity contribution < 1.29 is 12.8 Å². The number of nitrogens with zero attached hydrogens (tertiary/aromatic N) is 2. The molecule has 2 aromatic rings. The van der Waals surface area contributed by atoms with E-state index in [4.69, 9.17) is 4.42 Å². The number of oxazole rings is 1. The lowest BCUT2D eigenvalue weighted by molar-refractivity contribution is 0.396. The molecule has 1 atom stereocenters. The van der Waals surface area contributed by atoms with Gasteiger partial charge in [0.05, 0.1) is 10.6 Å². The molecule has 0 bridgehead atoms. The predicted molar refractivity (Wildman–Crippen MR) is 76.6 cm³/mol. The van der Waals surface area contributed by atoms with E-state index in [1.54, 1.807) is 25.1 Å². The average molecular weight is 294 g/mol. The first-order chi connectivity index (χ1) is 9.49. The van der Waals surface area contributed by atoms with Gasteiger partial charge in [-0.05, 0) is 38.2 Å². The number of likely N-dealkylation sites (tertiary alicyclic amines) is 1. The third kappa shape index (κ3) is 2.33. The number of rotatable bonds is 3. The summed E-state index contributed by atoms with van der Waals surface area (Å²) < 4.78 is 29.5. The van der Waals surface area contributed by atoms with Gasteiger partial charge in [-0.15, -0.1) is 0 Å². The Kier molecular flexibility index (Phi) is 3.30. The first kappa shape index (κ1) is 13.6. The van der Waals surface area contributed by atoms with Gasteiger partial charge in [0, 0.05) is 12.5 Å². The minimum Gasteiger partial charge on any atom is -0.440 e. The maximum Gasteiger partial charge on any atom is 0.199 e. The van der Waals surface area contributed by atoms with Gasteiger partial charge < -0.3 is 9.32 Å². The lowest BCUT2D eigenvalue weighted by Gasteiger charge is -2.05. The Balaban J connectivity index is 2.00. The van der Waals surface area contributed by atoms with Gasteiger partial charge in [-0.3, -0.25) is 0 Å². The van der Waals surface area contributed by atoms with Crippen molar-refractivity contribution in [2.24, 2.45) is 0 Å². The molecule has 0 N–H and O–H groups in total. The summed E-state index contributed by atoms with van der Waals surface area (Å²) in [5.41, 5.74) is 1.29. The Labute approximate surface area is 118 Å². The Bertz CT molecular complexity index is 736. The number of fused-ring (bicyclic) bond motifs is 1. The molecule has 1 aliphatic heterocycles. The van der Waals surface area contributed by atoms with Gasteiger partial charge >= 0.3 is 0 Å². The van der Waals surface area contributed by atoms with Gasteiger partial charge in [-0.25, -0.2) is 13.4 Å². The predicted octanol–water partition coefficient (Wildman–Crippen LogP) is 2.04. The summed E-state index contributed by atoms with van der Waals surface area (Å²) in [5.74, 6) is 1.12. The second-order valence-electron chi connectivity index (χ2n) is 5.33. The largest absolute Gasteiger partial charge is 0.440 e. The standard InChI is InChI=1S/C14H18N2O3S/c1-3-20(17,18)11-4-5-13-12(8-11)15-14(19-13)10-6-7-16(2)9-10/h4-5,8,10H,3,6-7,9H2,1-2H3/t10-/m1/s1. The monoisotopic (exact) mass is 294 g/mol. The highest BCUT2D eigenvalue weighted by atomic mass is 32.2. The van der Waals surface area contributed by atoms with Gasteiger partial charge in [-0.1, -0.05) is 6.92 Å². The molecule has 5 nitrogen and oxygen atoms in total. The van der Waals surface area contributed by atoms with Crippen LogP contribution in [0.5, 0.6) is 0 Å². The Hall–Kier alpha value is -1.40. The molecule has 2 heterocycles. The van der Waals surface area contributed by atoms with Crippen LogP contribution in [0.15, 0.2) is 27.5 Å². The van der Waals surface area contributed by atoms with Crippen LogP contribution < -0.4 is 0 Å². The molecule has 1 fully saturated rings. The van der Waals surface area contributed by atoms with Crippen LogP contribution in [-0.2, 0) is 9.84 Å². The molecular formula is C14H18N2O3S. The van der Waals surface area contributed by atoms with E-state index in [1.807, 2.05) is 0 Å². The van der Waals surface area contributed by atoms with E-state index in [0.29, 0.717) is 21.9 Å². The summed E-state index contributed by atoms with van der Waals surface area (Å²) in [4.78, 5) is 7.04. The molecule has 1 saturated heterocycles. The van der Waals surface area contributed by atoms with E-state index < -0.39 is 9.84 Å². The van der Waals surface area contributed by atoms with E-state index in [9.17, 15) is 8.42 Å². The van der Waals surface area contributed by atoms with Crippen molar-refractivity contribution in [2.45, 2.75) is 24.2 Å². The number of likely N-dealkylation sites (N-methyl/N-ethyl adjacent to an activating group) is 1. The molecule has 0 spiro atoms. The lowest BCUT2D eigenvalue weighted by Crippen LogP contribution is -2.13. The zero-order valence-electron chi connectivity index (χ0n) is 11.7. The highest BCUT2D eigenvalue weighted by molar-refractivity contribution is 7.91. The summed E-state index contributed by atoms with van der Waals surface area (Å²) in [6, 6.07) is 4.91. The summed E-state index contributed by atoms with van der Waals surface area (Å²) >= 11 is 0. The fourth-order valence-electron chi connectivity index (χ4n) is 2.60. The van der Waals surface area contributed by atoms with E-state index in [1.165, 1.54) is 0 Å². The molecular weight excluding hydrogens is 276 g/mol. The number of aromatic nitrogens is 1. The smallest absolute Gasteiger partial charge is 0.199 e. The highest BCUT2D eigenvalue weighted by Gasteiger charge is 2.26. The van der Waals surface area contributed by atoms with Crippen LogP contribution >= 0.6 is 0 Å². The summed E-state index contributed by atoms with van der Waals surface area (Å²) in [7, 11) is -1.12. The Morgan fingerprint density at radius 1 is 1.45 bits per heavy atom. The molecule has 3 rings (SSSR count). The molecule has 1 aliphatic rings. The van der Waals surface area contributed by atoms with Crippen LogP contribution in [-0.4, -0.2) is 44.2 Å². The first-order valence-electron chi connectivity index (χ1n) is 6.81. The SMILES string of the molecule is CCS(=O)(=O)c1ccc2oc([C@@H]3CCN(C)C3)nc2c1. The van der Waals surface area contributed by atoms with Crippen molar-refractivity contribution in [3.05, 3.63) is 24.1 Å². The number of benzene rings is 1. The van der Waals surface area contributed by atoms with Gasteiger partial charge in [0.2, 0.25) is 0 Å². The molecule has 1 aromatic carbocycles. The quantitative estimate of drug-likeness (QED) is 0.867. The minimum atomic E-state index is -3.20. The third-order valence-corrected chi connectivity index (χ3v) is 5.59. The van der Waals surface area contributed by atoms with Gasteiger partial charge in [0.25, 0.3) is 0 Å². The molecule has 6 heteroatoms. The van der Waals surface area contributed by atoms with Gasteiger partial charge in [0.15, 0.2) is 21.3 Å². The second kappa shape index (κ2) is 4.86. The van der Waals surface area contributed by atoms with Crippen LogP contribution in [0.25, 0.3) is 11.1 Å². The number of hydrogen-bond donors (Lipinski definition) is 0. The number of sulfone groups is 1. The second-order valence-corrected chi connectivity index (χ2v) is 7.61. The lowest BCUT2D eigenvalue weighted by atomic mass is 10.1. The van der Waals surface area contributed by atoms with E-state index in [-0.39, 0.29) is 5.75 Å². The van der Waals surface area contributed by atoms with Gasteiger partial charge in [0.1, 0.15) is 5.52 Å². The normalized spacial score (nSPS) is 20.8. The van der Waals surface area contributed by atoms with Crippen molar-refractivity contribution in [1.82, 2.24) is 9.88 Å². The molecule has 0 amide bonds. The fraction of sp³-hybridized carbons (Fsp3) is 0.500. The first-order valence-corrected chi connectivity index (χ1v) is 8.46. The van der Waals surface area contributed by atoms with Gasteiger partial charge in [-0.2, -0.15) is 0 Å². The maximum absolute atomic E-state index is 11.9. The van der Waals surface area contributed by atoms with Crippen molar-refractivity contribution >= 4 is 20.9 Å². The van der Waals surface area contributed by atoms with E-state index in [0.717, 1.165) is 25.4 Å². The van der Waals surface area contributed by atoms with Crippen LogP contribution in [0, 0.1) is 0 Å². The fourth-order valence-corrected chi connectivity index (χ4v) is 3.50. The minimum absolute atomic E-state index is 0.0939. The average Bonchev–Trinajstić information content (AvgIpc) is 3.03. The van der Waals surface area contributed by atoms with Crippen molar-refractivity contribution in [1.29, 1.82) is 0 Å². The molecule has 108 valence electrons. The van der Waals surface area contributed by atoms with Crippen molar-refractivity contribution in [2.75, 3.05) is 25.9 Å².